The van der Waals surface area contributed by atoms with Crippen LogP contribution in [0.3, 0.4) is 0 Å². The number of allylic oxidation sites excluding steroid dienone is 1. The molecule has 5 nitrogen and oxygen atoms in total. The molecule has 0 aromatic heterocycles. The van der Waals surface area contributed by atoms with E-state index in [-0.39, 0.29) is 41.4 Å². The Labute approximate surface area is 160 Å². The van der Waals surface area contributed by atoms with Crippen molar-refractivity contribution in [2.45, 2.75) is 71.5 Å². The average Bonchev–Trinajstić information content (AvgIpc) is 3.05. The zero-order valence-electron chi connectivity index (χ0n) is 16.3. The number of fused-ring (bicyclic) bond motifs is 3. The van der Waals surface area contributed by atoms with Crippen molar-refractivity contribution >= 4 is 17.7 Å². The molecule has 0 aromatic carbocycles. The first-order chi connectivity index (χ1) is 12.9. The van der Waals surface area contributed by atoms with Gasteiger partial charge in [-0.25, -0.2) is 0 Å². The van der Waals surface area contributed by atoms with Crippen molar-refractivity contribution in [2.24, 2.45) is 23.7 Å². The van der Waals surface area contributed by atoms with Gasteiger partial charge < -0.3 is 9.47 Å². The Hall–Kier alpha value is -1.91. The Morgan fingerprint density at radius 1 is 1.15 bits per heavy atom. The van der Waals surface area contributed by atoms with Gasteiger partial charge in [0.05, 0.1) is 11.8 Å². The Balaban J connectivity index is 1.65. The summed E-state index contributed by atoms with van der Waals surface area (Å²) < 4.78 is 11.8. The summed E-state index contributed by atoms with van der Waals surface area (Å²) in [6.45, 7) is 5.72. The molecule has 4 rings (SSSR count). The van der Waals surface area contributed by atoms with Gasteiger partial charge in [0.1, 0.15) is 12.2 Å². The summed E-state index contributed by atoms with van der Waals surface area (Å²) >= 11 is 0. The second-order valence-electron chi connectivity index (χ2n) is 8.71. The van der Waals surface area contributed by atoms with E-state index in [0.717, 1.165) is 42.4 Å². The van der Waals surface area contributed by atoms with Gasteiger partial charge in [0, 0.05) is 23.8 Å². The van der Waals surface area contributed by atoms with Gasteiger partial charge in [0.25, 0.3) is 0 Å². The minimum absolute atomic E-state index is 0.00334. The van der Waals surface area contributed by atoms with Crippen molar-refractivity contribution in [3.05, 3.63) is 22.8 Å². The normalized spacial score (nSPS) is 36.7. The minimum Gasteiger partial charge on any atom is -0.461 e. The number of ether oxygens (including phenoxy) is 2. The summed E-state index contributed by atoms with van der Waals surface area (Å²) in [4.78, 5) is 37.7. The average molecular weight is 372 g/mol. The molecule has 0 unspecified atom stereocenters. The van der Waals surface area contributed by atoms with Crippen LogP contribution in [-0.2, 0) is 23.9 Å². The second-order valence-corrected chi connectivity index (χ2v) is 8.71. The smallest absolute Gasteiger partial charge is 0.309 e. The number of carbonyl (C=O) groups is 3. The first-order valence-corrected chi connectivity index (χ1v) is 10.2. The lowest BCUT2D eigenvalue weighted by molar-refractivity contribution is -0.159. The van der Waals surface area contributed by atoms with Crippen molar-refractivity contribution in [3.63, 3.8) is 0 Å². The predicted octanol–water partition coefficient (Wildman–Crippen LogP) is 3.52. The molecule has 5 atom stereocenters. The molecule has 4 aliphatic rings. The fraction of sp³-hybridized carbons (Fsp3) is 0.682. The fourth-order valence-electron chi connectivity index (χ4n) is 5.49. The van der Waals surface area contributed by atoms with Crippen LogP contribution >= 0.6 is 0 Å². The fourth-order valence-corrected chi connectivity index (χ4v) is 5.49. The third-order valence-electron chi connectivity index (χ3n) is 6.94. The second kappa shape index (κ2) is 6.92. The van der Waals surface area contributed by atoms with Gasteiger partial charge >= 0.3 is 11.9 Å². The van der Waals surface area contributed by atoms with Crippen LogP contribution in [0.25, 0.3) is 0 Å². The lowest BCUT2D eigenvalue weighted by atomic mass is 9.79. The number of carbonyl (C=O) groups excluding carboxylic acids is 3. The van der Waals surface area contributed by atoms with Crippen LogP contribution in [0.2, 0.25) is 0 Å². The molecule has 0 aromatic rings. The Morgan fingerprint density at radius 2 is 1.85 bits per heavy atom. The summed E-state index contributed by atoms with van der Waals surface area (Å²) in [5, 5.41) is 0. The van der Waals surface area contributed by atoms with Crippen LogP contribution in [0.5, 0.6) is 0 Å². The zero-order valence-corrected chi connectivity index (χ0v) is 16.3. The van der Waals surface area contributed by atoms with Gasteiger partial charge in [-0.15, -0.1) is 0 Å². The molecular formula is C22H28O5. The standard InChI is InChI=1S/C22H28O5/c1-11-9-15(23)17-12(2)10-16(26-22(25)14-7-5-4-6-8-14)19-13(3)21(24)27-20(19)18(11)17/h9,13-14,16,18-20H,4-8,10H2,1-3H3/t13-,16-,18-,19+,20+/m0/s1. The van der Waals surface area contributed by atoms with Crippen LogP contribution in [-0.4, -0.2) is 29.9 Å². The summed E-state index contributed by atoms with van der Waals surface area (Å²) in [7, 11) is 0. The molecule has 0 bridgehead atoms. The molecule has 1 heterocycles. The lowest BCUT2D eigenvalue weighted by Crippen LogP contribution is -2.39. The van der Waals surface area contributed by atoms with Crippen molar-refractivity contribution in [3.8, 4) is 0 Å². The van der Waals surface area contributed by atoms with E-state index in [2.05, 4.69) is 0 Å². The Bertz CT molecular complexity index is 740. The maximum atomic E-state index is 12.8. The summed E-state index contributed by atoms with van der Waals surface area (Å²) in [5.74, 6) is -1.18. The van der Waals surface area contributed by atoms with Crippen LogP contribution in [0.1, 0.15) is 59.3 Å². The SMILES string of the molecule is CC1=CC(=O)C2=C(C)C[C@H](OC(=O)C3CCCCC3)[C@@H]3[C@H](OC(=O)[C@H]3C)[C@@H]12. The number of esters is 2. The number of ketones is 1. The maximum absolute atomic E-state index is 12.8. The Morgan fingerprint density at radius 3 is 2.56 bits per heavy atom. The topological polar surface area (TPSA) is 69.7 Å². The predicted molar refractivity (Wildman–Crippen MR) is 98.6 cm³/mol. The molecular weight excluding hydrogens is 344 g/mol. The largest absolute Gasteiger partial charge is 0.461 e. The van der Waals surface area contributed by atoms with Gasteiger partial charge in [0.15, 0.2) is 5.78 Å². The highest BCUT2D eigenvalue weighted by molar-refractivity contribution is 6.09. The van der Waals surface area contributed by atoms with Gasteiger partial charge in [-0.1, -0.05) is 37.3 Å². The van der Waals surface area contributed by atoms with Crippen molar-refractivity contribution < 1.29 is 23.9 Å². The number of rotatable bonds is 2. The molecule has 0 radical (unpaired) electrons. The summed E-state index contributed by atoms with van der Waals surface area (Å²) in [5.41, 5.74) is 2.63. The highest BCUT2D eigenvalue weighted by Gasteiger charge is 2.55. The molecule has 1 aliphatic heterocycles. The molecule has 0 amide bonds. The Kier molecular flexibility index (Phi) is 4.73. The van der Waals surface area contributed by atoms with Crippen molar-refractivity contribution in [1.29, 1.82) is 0 Å². The van der Waals surface area contributed by atoms with Crippen molar-refractivity contribution in [1.82, 2.24) is 0 Å². The van der Waals surface area contributed by atoms with E-state index in [4.69, 9.17) is 9.47 Å². The lowest BCUT2D eigenvalue weighted by Gasteiger charge is -2.31. The van der Waals surface area contributed by atoms with E-state index in [0.29, 0.717) is 6.42 Å². The molecule has 2 fully saturated rings. The van der Waals surface area contributed by atoms with Crippen LogP contribution in [0, 0.1) is 23.7 Å². The number of hydrogen-bond acceptors (Lipinski definition) is 5. The van der Waals surface area contributed by atoms with Crippen LogP contribution in [0.4, 0.5) is 0 Å². The van der Waals surface area contributed by atoms with Gasteiger partial charge in [0.2, 0.25) is 0 Å². The van der Waals surface area contributed by atoms with E-state index < -0.39 is 12.2 Å². The molecule has 0 N–H and O–H groups in total. The van der Waals surface area contributed by atoms with E-state index >= 15 is 0 Å². The van der Waals surface area contributed by atoms with E-state index in [1.54, 1.807) is 6.08 Å². The van der Waals surface area contributed by atoms with Gasteiger partial charge in [-0.05, 0) is 32.8 Å². The number of hydrogen-bond donors (Lipinski definition) is 0. The molecule has 0 spiro atoms. The molecule has 3 aliphatic carbocycles. The minimum atomic E-state index is -0.424. The van der Waals surface area contributed by atoms with Crippen molar-refractivity contribution in [2.75, 3.05) is 0 Å². The molecule has 146 valence electrons. The first-order valence-electron chi connectivity index (χ1n) is 10.2. The maximum Gasteiger partial charge on any atom is 0.309 e. The monoisotopic (exact) mass is 372 g/mol. The highest BCUT2D eigenvalue weighted by atomic mass is 16.6. The molecule has 1 saturated carbocycles. The van der Waals surface area contributed by atoms with E-state index in [1.165, 1.54) is 6.42 Å². The third kappa shape index (κ3) is 3.05. The first kappa shape index (κ1) is 18.5. The van der Waals surface area contributed by atoms with Crippen LogP contribution in [0.15, 0.2) is 22.8 Å². The van der Waals surface area contributed by atoms with Gasteiger partial charge in [-0.3, -0.25) is 14.4 Å². The van der Waals surface area contributed by atoms with Gasteiger partial charge in [-0.2, -0.15) is 0 Å². The quantitative estimate of drug-likeness (QED) is 0.694. The van der Waals surface area contributed by atoms with E-state index in [9.17, 15) is 14.4 Å². The van der Waals surface area contributed by atoms with E-state index in [1.807, 2.05) is 20.8 Å². The summed E-state index contributed by atoms with van der Waals surface area (Å²) in [6, 6.07) is 0. The molecule has 5 heteroatoms. The molecule has 1 saturated heterocycles. The highest BCUT2D eigenvalue weighted by Crippen LogP contribution is 2.48. The summed E-state index contributed by atoms with van der Waals surface area (Å²) in [6.07, 6.45) is 6.40. The zero-order chi connectivity index (χ0) is 19.3. The van der Waals surface area contributed by atoms with Crippen LogP contribution < -0.4 is 0 Å². The molecule has 27 heavy (non-hydrogen) atoms. The third-order valence-corrected chi connectivity index (χ3v) is 6.94.